The molecule has 0 radical (unpaired) electrons. The van der Waals surface area contributed by atoms with Crippen molar-refractivity contribution in [1.82, 2.24) is 0 Å². The molecule has 0 aliphatic heterocycles. The van der Waals surface area contributed by atoms with Crippen molar-refractivity contribution in [2.45, 2.75) is 12.4 Å². The second-order valence-electron chi connectivity index (χ2n) is 1.32. The van der Waals surface area contributed by atoms with Crippen LogP contribution >= 0.6 is 0 Å². The van der Waals surface area contributed by atoms with Gasteiger partial charge in [-0.1, -0.05) is 0 Å². The van der Waals surface area contributed by atoms with E-state index in [-0.39, 0.29) is 31.0 Å². The molecule has 0 unspecified atom stereocenters. The van der Waals surface area contributed by atoms with Gasteiger partial charge < -0.3 is 1.43 Å². The molecule has 0 aliphatic rings. The van der Waals surface area contributed by atoms with E-state index in [1.54, 1.807) is 0 Å². The van der Waals surface area contributed by atoms with E-state index >= 15 is 0 Å². The molecule has 8 heteroatoms. The summed E-state index contributed by atoms with van der Waals surface area (Å²) in [7, 11) is 0. The number of carbonyl (C=O) groups excluding carboxylic acids is 1. The van der Waals surface area contributed by atoms with Crippen LogP contribution in [0.5, 0.6) is 0 Å². The molecule has 0 atom stereocenters. The standard InChI is InChI=1S/C3F6O.Na.H/c4-2(5,6)1(10)3(7,8)9;;/q;+1;-1. The average Bonchev–Trinajstić information content (AvgIpc) is 1.59. The molecule has 0 N–H and O–H groups in total. The minimum Gasteiger partial charge on any atom is -1.00 e. The molecule has 0 aromatic heterocycles. The maximum atomic E-state index is 10.9. The predicted octanol–water partition coefficient (Wildman–Crippen LogP) is -1.20. The number of halogens is 6. The van der Waals surface area contributed by atoms with Crippen molar-refractivity contribution in [3.05, 3.63) is 0 Å². The zero-order valence-electron chi connectivity index (χ0n) is 6.18. The second kappa shape index (κ2) is 3.77. The van der Waals surface area contributed by atoms with Crippen LogP contribution in [-0.2, 0) is 4.79 Å². The van der Waals surface area contributed by atoms with Crippen molar-refractivity contribution < 1.29 is 62.1 Å². The summed E-state index contributed by atoms with van der Waals surface area (Å²) in [6.45, 7) is 0. The molecule has 0 aromatic carbocycles. The Labute approximate surface area is 80.5 Å². The average molecular weight is 190 g/mol. The Morgan fingerprint density at radius 1 is 0.909 bits per heavy atom. The van der Waals surface area contributed by atoms with Crippen LogP contribution in [-0.4, -0.2) is 18.1 Å². The summed E-state index contributed by atoms with van der Waals surface area (Å²) >= 11 is 0. The van der Waals surface area contributed by atoms with E-state index in [0.717, 1.165) is 0 Å². The third kappa shape index (κ3) is 4.65. The van der Waals surface area contributed by atoms with Gasteiger partial charge in [-0.25, -0.2) is 0 Å². The van der Waals surface area contributed by atoms with Crippen LogP contribution in [0.2, 0.25) is 0 Å². The molecule has 1 nitrogen and oxygen atoms in total. The van der Waals surface area contributed by atoms with E-state index in [2.05, 4.69) is 0 Å². The van der Waals surface area contributed by atoms with Gasteiger partial charge in [0.2, 0.25) is 0 Å². The molecule has 0 fully saturated rings. The maximum absolute atomic E-state index is 10.9. The van der Waals surface area contributed by atoms with Gasteiger partial charge in [-0.2, -0.15) is 26.3 Å². The molecule has 0 aliphatic carbocycles. The number of carbonyl (C=O) groups is 1. The number of Topliss-reactive ketones (excluding diaryl/α,β-unsaturated/α-hetero) is 1. The molecule has 0 aromatic rings. The van der Waals surface area contributed by atoms with Gasteiger partial charge in [0.1, 0.15) is 0 Å². The first kappa shape index (κ1) is 13.8. The van der Waals surface area contributed by atoms with Gasteiger partial charge in [0, 0.05) is 0 Å². The first-order valence-electron chi connectivity index (χ1n) is 1.84. The normalized spacial score (nSPS) is 12.2. The molecule has 0 heterocycles. The van der Waals surface area contributed by atoms with Crippen LogP contribution in [0.1, 0.15) is 1.43 Å². The molecule has 0 saturated heterocycles. The van der Waals surface area contributed by atoms with Gasteiger partial charge in [-0.3, -0.25) is 4.79 Å². The first-order chi connectivity index (χ1) is 4.15. The van der Waals surface area contributed by atoms with Crippen LogP contribution in [0.3, 0.4) is 0 Å². The van der Waals surface area contributed by atoms with Crippen molar-refractivity contribution in [2.75, 3.05) is 0 Å². The summed E-state index contributed by atoms with van der Waals surface area (Å²) < 4.78 is 65.3. The van der Waals surface area contributed by atoms with E-state index in [0.29, 0.717) is 0 Å². The molecule has 62 valence electrons. The number of hydrogen-bond donors (Lipinski definition) is 0. The molecule has 11 heavy (non-hydrogen) atoms. The van der Waals surface area contributed by atoms with E-state index < -0.39 is 18.1 Å². The van der Waals surface area contributed by atoms with Crippen LogP contribution in [0, 0.1) is 0 Å². The van der Waals surface area contributed by atoms with Crippen molar-refractivity contribution in [3.63, 3.8) is 0 Å². The van der Waals surface area contributed by atoms with Crippen molar-refractivity contribution in [2.24, 2.45) is 0 Å². The van der Waals surface area contributed by atoms with Crippen LogP contribution in [0.15, 0.2) is 0 Å². The summed E-state index contributed by atoms with van der Waals surface area (Å²) in [4.78, 5) is 9.24. The number of alkyl halides is 6. The first-order valence-corrected chi connectivity index (χ1v) is 1.84. The Kier molecular flexibility index (Phi) is 4.74. The molecular weight excluding hydrogens is 189 g/mol. The number of ketones is 1. The SMILES string of the molecule is O=C(C(F)(F)F)C(F)(F)F.[H-].[Na+]. The molecule has 0 rings (SSSR count). The Morgan fingerprint density at radius 3 is 1.09 bits per heavy atom. The summed E-state index contributed by atoms with van der Waals surface area (Å²) in [5.74, 6) is -3.68. The minimum absolute atomic E-state index is 0. The van der Waals surface area contributed by atoms with E-state index in [4.69, 9.17) is 0 Å². The minimum atomic E-state index is -5.82. The summed E-state index contributed by atoms with van der Waals surface area (Å²) in [6.07, 6.45) is -11.6. The Bertz CT molecular complexity index is 134. The van der Waals surface area contributed by atoms with E-state index in [9.17, 15) is 31.1 Å². The summed E-state index contributed by atoms with van der Waals surface area (Å²) in [5.41, 5.74) is 0. The van der Waals surface area contributed by atoms with Crippen LogP contribution in [0.25, 0.3) is 0 Å². The van der Waals surface area contributed by atoms with Gasteiger partial charge in [0.05, 0.1) is 0 Å². The van der Waals surface area contributed by atoms with Gasteiger partial charge in [0.25, 0.3) is 0 Å². The zero-order chi connectivity index (χ0) is 8.58. The van der Waals surface area contributed by atoms with Crippen LogP contribution < -0.4 is 29.6 Å². The van der Waals surface area contributed by atoms with Crippen molar-refractivity contribution >= 4 is 5.78 Å². The number of hydrogen-bond acceptors (Lipinski definition) is 1. The van der Waals surface area contributed by atoms with Gasteiger partial charge in [0.15, 0.2) is 0 Å². The fraction of sp³-hybridized carbons (Fsp3) is 0.667. The fourth-order valence-corrected chi connectivity index (χ4v) is 0.161. The Hall–Kier alpha value is 0.250. The molecule has 0 spiro atoms. The molecule has 0 bridgehead atoms. The summed E-state index contributed by atoms with van der Waals surface area (Å²) in [5, 5.41) is 0. The third-order valence-corrected chi connectivity index (χ3v) is 0.515. The van der Waals surface area contributed by atoms with E-state index in [1.165, 1.54) is 0 Å². The number of rotatable bonds is 0. The fourth-order valence-electron chi connectivity index (χ4n) is 0.161. The summed E-state index contributed by atoms with van der Waals surface area (Å²) in [6, 6.07) is 0. The Morgan fingerprint density at radius 2 is 1.09 bits per heavy atom. The smallest absolute Gasteiger partial charge is 1.00 e. The molecule has 0 amide bonds. The van der Waals surface area contributed by atoms with E-state index in [1.807, 2.05) is 0 Å². The van der Waals surface area contributed by atoms with Crippen molar-refractivity contribution in [3.8, 4) is 0 Å². The monoisotopic (exact) mass is 190 g/mol. The van der Waals surface area contributed by atoms with Crippen molar-refractivity contribution in [1.29, 1.82) is 0 Å². The van der Waals surface area contributed by atoms with Crippen LogP contribution in [0.4, 0.5) is 26.3 Å². The second-order valence-corrected chi connectivity index (χ2v) is 1.32. The largest absolute Gasteiger partial charge is 1.00 e. The quantitative estimate of drug-likeness (QED) is 0.346. The third-order valence-electron chi connectivity index (χ3n) is 0.515. The molecular formula is C3HF6NaO. The Balaban J connectivity index is -0.000000405. The predicted molar refractivity (Wildman–Crippen MR) is 18.2 cm³/mol. The maximum Gasteiger partial charge on any atom is 1.00 e. The zero-order valence-corrected chi connectivity index (χ0v) is 7.18. The molecule has 0 saturated carbocycles. The van der Waals surface area contributed by atoms with Gasteiger partial charge >= 0.3 is 47.7 Å². The topological polar surface area (TPSA) is 17.1 Å². The van der Waals surface area contributed by atoms with Gasteiger partial charge in [-0.15, -0.1) is 0 Å². The van der Waals surface area contributed by atoms with Gasteiger partial charge in [-0.05, 0) is 0 Å².